The van der Waals surface area contributed by atoms with E-state index in [4.69, 9.17) is 4.74 Å². The van der Waals surface area contributed by atoms with Crippen molar-refractivity contribution in [3.63, 3.8) is 0 Å². The zero-order valence-corrected chi connectivity index (χ0v) is 19.3. The van der Waals surface area contributed by atoms with E-state index in [2.05, 4.69) is 27.5 Å². The second kappa shape index (κ2) is 9.72. The van der Waals surface area contributed by atoms with Crippen molar-refractivity contribution in [3.8, 4) is 17.0 Å². The van der Waals surface area contributed by atoms with Gasteiger partial charge in [0.1, 0.15) is 5.75 Å². The molecule has 0 saturated heterocycles. The summed E-state index contributed by atoms with van der Waals surface area (Å²) >= 11 is 1.42. The molecule has 0 saturated carbocycles. The number of rotatable bonds is 8. The molecule has 0 spiro atoms. The number of hydrogen-bond donors (Lipinski definition) is 1. The number of anilines is 1. The van der Waals surface area contributed by atoms with Crippen LogP contribution in [-0.2, 0) is 0 Å². The fourth-order valence-electron chi connectivity index (χ4n) is 3.77. The Morgan fingerprint density at radius 3 is 2.88 bits per heavy atom. The Morgan fingerprint density at radius 1 is 1.12 bits per heavy atom. The zero-order chi connectivity index (χ0) is 23.3. The highest BCUT2D eigenvalue weighted by Crippen LogP contribution is 2.25. The molecule has 5 rings (SSSR count). The third-order valence-corrected chi connectivity index (χ3v) is 6.28. The second-order valence-electron chi connectivity index (χ2n) is 7.54. The first-order valence-corrected chi connectivity index (χ1v) is 11.7. The van der Waals surface area contributed by atoms with Gasteiger partial charge in [0.2, 0.25) is 5.78 Å². The van der Waals surface area contributed by atoms with Crippen molar-refractivity contribution in [1.82, 2.24) is 14.6 Å². The lowest BCUT2D eigenvalue weighted by Crippen LogP contribution is -2.02. The third-order valence-electron chi connectivity index (χ3n) is 5.41. The number of para-hydroxylation sites is 1. The molecule has 0 aliphatic carbocycles. The maximum absolute atomic E-state index is 12.9. The molecule has 7 heteroatoms. The van der Waals surface area contributed by atoms with Crippen LogP contribution in [0.15, 0.2) is 90.6 Å². The van der Waals surface area contributed by atoms with Gasteiger partial charge < -0.3 is 10.1 Å². The Bertz CT molecular complexity index is 1470. The number of carbonyl (C=O) groups excluding carboxylic acids is 1. The first-order chi connectivity index (χ1) is 16.7. The number of methoxy groups -OCH3 is 1. The highest BCUT2D eigenvalue weighted by Gasteiger charge is 2.18. The van der Waals surface area contributed by atoms with Crippen molar-refractivity contribution in [2.24, 2.45) is 0 Å². The maximum Gasteiger partial charge on any atom is 0.208 e. The number of aromatic nitrogens is 3. The molecule has 0 aliphatic heterocycles. The zero-order valence-electron chi connectivity index (χ0n) is 18.5. The summed E-state index contributed by atoms with van der Waals surface area (Å²) in [6.07, 6.45) is 7.41. The van der Waals surface area contributed by atoms with Crippen LogP contribution in [0, 0.1) is 0 Å². The lowest BCUT2D eigenvalue weighted by molar-refractivity contribution is 0.104. The van der Waals surface area contributed by atoms with E-state index in [1.807, 2.05) is 72.1 Å². The Kier molecular flexibility index (Phi) is 6.18. The first-order valence-electron chi connectivity index (χ1n) is 10.8. The van der Waals surface area contributed by atoms with E-state index in [1.54, 1.807) is 24.0 Å². The molecule has 0 unspecified atom stereocenters. The lowest BCUT2D eigenvalue weighted by Gasteiger charge is -2.09. The molecule has 168 valence electrons. The molecule has 0 radical (unpaired) electrons. The predicted octanol–water partition coefficient (Wildman–Crippen LogP) is 5.82. The molecule has 2 aromatic carbocycles. The summed E-state index contributed by atoms with van der Waals surface area (Å²) in [5.74, 6) is 0.783. The summed E-state index contributed by atoms with van der Waals surface area (Å²) in [6, 6.07) is 21.6. The highest BCUT2D eigenvalue weighted by atomic mass is 32.1. The average molecular weight is 467 g/mol. The fraction of sp³-hybridized carbons (Fsp3) is 0.0741. The normalized spacial score (nSPS) is 11.2. The number of nitrogens with zero attached hydrogens (tertiary/aromatic N) is 3. The molecule has 0 amide bonds. The van der Waals surface area contributed by atoms with Gasteiger partial charge in [0.05, 0.1) is 29.4 Å². The van der Waals surface area contributed by atoms with E-state index in [-0.39, 0.29) is 5.78 Å². The van der Waals surface area contributed by atoms with Crippen LogP contribution in [0.5, 0.6) is 5.75 Å². The molecule has 34 heavy (non-hydrogen) atoms. The van der Waals surface area contributed by atoms with E-state index in [0.29, 0.717) is 22.6 Å². The van der Waals surface area contributed by atoms with Crippen molar-refractivity contribution < 1.29 is 9.53 Å². The van der Waals surface area contributed by atoms with Crippen molar-refractivity contribution >= 4 is 34.5 Å². The van der Waals surface area contributed by atoms with Crippen LogP contribution in [0.1, 0.15) is 20.8 Å². The van der Waals surface area contributed by atoms with E-state index in [1.165, 1.54) is 11.3 Å². The second-order valence-corrected chi connectivity index (χ2v) is 8.48. The maximum atomic E-state index is 12.9. The van der Waals surface area contributed by atoms with Crippen molar-refractivity contribution in [3.05, 3.63) is 107 Å². The van der Waals surface area contributed by atoms with E-state index in [0.717, 1.165) is 28.3 Å². The molecule has 0 fully saturated rings. The molecule has 0 bridgehead atoms. The molecule has 5 aromatic rings. The Morgan fingerprint density at radius 2 is 2.03 bits per heavy atom. The minimum atomic E-state index is -0.0631. The van der Waals surface area contributed by atoms with Gasteiger partial charge in [-0.1, -0.05) is 48.6 Å². The minimum absolute atomic E-state index is 0.0631. The topological polar surface area (TPSA) is 68.5 Å². The van der Waals surface area contributed by atoms with Crippen LogP contribution in [0.3, 0.4) is 0 Å². The van der Waals surface area contributed by atoms with Crippen molar-refractivity contribution in [2.45, 2.75) is 0 Å². The average Bonchev–Trinajstić information content (AvgIpc) is 3.57. The van der Waals surface area contributed by atoms with Gasteiger partial charge in [-0.25, -0.2) is 9.50 Å². The highest BCUT2D eigenvalue weighted by molar-refractivity contribution is 7.12. The van der Waals surface area contributed by atoms with Gasteiger partial charge >= 0.3 is 0 Å². The Hall–Kier alpha value is -4.23. The molecule has 3 aromatic heterocycles. The fourth-order valence-corrected chi connectivity index (χ4v) is 4.44. The monoisotopic (exact) mass is 466 g/mol. The largest absolute Gasteiger partial charge is 0.496 e. The van der Waals surface area contributed by atoms with E-state index >= 15 is 0 Å². The SMILES string of the molecule is COc1ccccc1/C=C/CNc1cccc(-c2ccnc3c(C(=O)c4cccs4)cnn23)c1. The van der Waals surface area contributed by atoms with Gasteiger partial charge in [0, 0.05) is 29.6 Å². The van der Waals surface area contributed by atoms with Gasteiger partial charge in [-0.15, -0.1) is 11.3 Å². The molecule has 6 nitrogen and oxygen atoms in total. The molecule has 0 aliphatic rings. The number of nitrogens with one attached hydrogen (secondary N) is 1. The summed E-state index contributed by atoms with van der Waals surface area (Å²) < 4.78 is 7.12. The van der Waals surface area contributed by atoms with Gasteiger partial charge in [-0.05, 0) is 35.7 Å². The summed E-state index contributed by atoms with van der Waals surface area (Å²) in [5, 5.41) is 9.79. The standard InChI is InChI=1S/C27H22N4O2S/c1-33-24-11-3-2-7-19(24)9-5-14-28-21-10-4-8-20(17-21)23-13-15-29-27-22(18-30-31(23)27)26(32)25-12-6-16-34-25/h2-13,15-18,28H,14H2,1H3/b9-5+. The molecule has 0 atom stereocenters. The first kappa shape index (κ1) is 21.6. The molecular formula is C27H22N4O2S. The van der Waals surface area contributed by atoms with Crippen LogP contribution >= 0.6 is 11.3 Å². The number of thiophene rings is 1. The van der Waals surface area contributed by atoms with Gasteiger partial charge in [0.25, 0.3) is 0 Å². The molecule has 3 heterocycles. The van der Waals surface area contributed by atoms with Crippen LogP contribution in [0.25, 0.3) is 23.0 Å². The summed E-state index contributed by atoms with van der Waals surface area (Å²) in [4.78, 5) is 18.0. The van der Waals surface area contributed by atoms with E-state index in [9.17, 15) is 4.79 Å². The van der Waals surface area contributed by atoms with Gasteiger partial charge in [-0.3, -0.25) is 4.79 Å². The van der Waals surface area contributed by atoms with Crippen LogP contribution < -0.4 is 10.1 Å². The Labute approximate surface area is 201 Å². The number of hydrogen-bond acceptors (Lipinski definition) is 6. The van der Waals surface area contributed by atoms with Crippen LogP contribution in [-0.4, -0.2) is 34.0 Å². The van der Waals surface area contributed by atoms with Crippen molar-refractivity contribution in [1.29, 1.82) is 0 Å². The minimum Gasteiger partial charge on any atom is -0.496 e. The van der Waals surface area contributed by atoms with Crippen LogP contribution in [0.4, 0.5) is 5.69 Å². The number of ether oxygens (including phenoxy) is 1. The summed E-state index contributed by atoms with van der Waals surface area (Å²) in [6.45, 7) is 0.661. The Balaban J connectivity index is 1.36. The quantitative estimate of drug-likeness (QED) is 0.292. The summed E-state index contributed by atoms with van der Waals surface area (Å²) in [5.41, 5.74) is 4.90. The van der Waals surface area contributed by atoms with E-state index < -0.39 is 0 Å². The molecule has 1 N–H and O–H groups in total. The number of carbonyl (C=O) groups is 1. The lowest BCUT2D eigenvalue weighted by atomic mass is 10.1. The predicted molar refractivity (Wildman–Crippen MR) is 137 cm³/mol. The van der Waals surface area contributed by atoms with Crippen molar-refractivity contribution in [2.75, 3.05) is 19.0 Å². The number of fused-ring (bicyclic) bond motifs is 1. The van der Waals surface area contributed by atoms with Gasteiger partial charge in [0.15, 0.2) is 5.65 Å². The van der Waals surface area contributed by atoms with Crippen LogP contribution in [0.2, 0.25) is 0 Å². The smallest absolute Gasteiger partial charge is 0.208 e. The van der Waals surface area contributed by atoms with Gasteiger partial charge in [-0.2, -0.15) is 5.10 Å². The number of benzene rings is 2. The number of ketones is 1. The molecular weight excluding hydrogens is 444 g/mol. The third kappa shape index (κ3) is 4.33. The summed E-state index contributed by atoms with van der Waals surface area (Å²) in [7, 11) is 1.67.